The molecule has 1 rings (SSSR count). The average molecular weight is 213 g/mol. The van der Waals surface area contributed by atoms with E-state index in [0.29, 0.717) is 6.20 Å². The van der Waals surface area contributed by atoms with Gasteiger partial charge >= 0.3 is 6.18 Å². The maximum Gasteiger partial charge on any atom is 0.420 e. The van der Waals surface area contributed by atoms with Crippen LogP contribution in [-0.4, -0.2) is 15.0 Å². The van der Waals surface area contributed by atoms with Crippen LogP contribution in [0.15, 0.2) is 6.20 Å². The summed E-state index contributed by atoms with van der Waals surface area (Å²) in [6, 6.07) is 0. The van der Waals surface area contributed by atoms with Crippen molar-refractivity contribution < 1.29 is 18.0 Å². The van der Waals surface area contributed by atoms with Gasteiger partial charge in [-0.1, -0.05) is 0 Å². The number of halogens is 4. The largest absolute Gasteiger partial charge is 0.420 e. The lowest BCUT2D eigenvalue weighted by molar-refractivity contribution is -0.137. The van der Waals surface area contributed by atoms with Crippen LogP contribution in [0.3, 0.4) is 0 Å². The first kappa shape index (κ1) is 10.0. The highest BCUT2D eigenvalue weighted by atomic mass is 35.5. The van der Waals surface area contributed by atoms with Crippen LogP contribution >= 0.6 is 11.6 Å². The lowest BCUT2D eigenvalue weighted by Crippen LogP contribution is -2.08. The van der Waals surface area contributed by atoms with Gasteiger partial charge in [0.05, 0.1) is 0 Å². The summed E-state index contributed by atoms with van der Waals surface area (Å²) in [7, 11) is 1.28. The van der Waals surface area contributed by atoms with Crippen LogP contribution in [0.5, 0.6) is 0 Å². The molecule has 0 aromatic carbocycles. The first-order chi connectivity index (χ1) is 5.82. The van der Waals surface area contributed by atoms with Gasteiger partial charge in [-0.3, -0.25) is 9.48 Å². The predicted octanol–water partition coefficient (Wildman–Crippen LogP) is 1.82. The summed E-state index contributed by atoms with van der Waals surface area (Å²) in [6.07, 6.45) is -3.90. The highest BCUT2D eigenvalue weighted by Gasteiger charge is 2.37. The number of aryl methyl sites for hydroxylation is 1. The van der Waals surface area contributed by atoms with Crippen molar-refractivity contribution in [1.82, 2.24) is 9.78 Å². The molecule has 1 heterocycles. The van der Waals surface area contributed by atoms with Crippen molar-refractivity contribution >= 4 is 16.8 Å². The molecular formula is C6H4ClF3N2O. The van der Waals surface area contributed by atoms with Gasteiger partial charge in [-0.25, -0.2) is 0 Å². The molecule has 0 aliphatic carbocycles. The van der Waals surface area contributed by atoms with E-state index in [4.69, 9.17) is 11.6 Å². The maximum absolute atomic E-state index is 12.2. The Morgan fingerprint density at radius 3 is 2.46 bits per heavy atom. The summed E-state index contributed by atoms with van der Waals surface area (Å²) in [5.74, 6) is 0. The minimum atomic E-state index is -4.60. The Balaban J connectivity index is 3.28. The van der Waals surface area contributed by atoms with Gasteiger partial charge in [-0.15, -0.1) is 0 Å². The molecule has 7 heteroatoms. The van der Waals surface area contributed by atoms with E-state index < -0.39 is 22.7 Å². The molecule has 0 aliphatic rings. The van der Waals surface area contributed by atoms with Gasteiger partial charge in [0.25, 0.3) is 5.24 Å². The van der Waals surface area contributed by atoms with E-state index in [9.17, 15) is 18.0 Å². The molecule has 0 radical (unpaired) electrons. The fourth-order valence-electron chi connectivity index (χ4n) is 0.841. The van der Waals surface area contributed by atoms with Crippen LogP contribution in [0.25, 0.3) is 0 Å². The predicted molar refractivity (Wildman–Crippen MR) is 38.4 cm³/mol. The normalized spacial score (nSPS) is 11.8. The molecule has 72 valence electrons. The Bertz CT molecular complexity index is 344. The third-order valence-corrected chi connectivity index (χ3v) is 1.50. The summed E-state index contributed by atoms with van der Waals surface area (Å²) < 4.78 is 37.4. The number of hydrogen-bond donors (Lipinski definition) is 0. The van der Waals surface area contributed by atoms with Crippen LogP contribution in [0.4, 0.5) is 13.2 Å². The quantitative estimate of drug-likeness (QED) is 0.666. The van der Waals surface area contributed by atoms with Crippen molar-refractivity contribution in [3.63, 3.8) is 0 Å². The van der Waals surface area contributed by atoms with Crippen LogP contribution in [-0.2, 0) is 13.2 Å². The minimum Gasteiger partial charge on any atom is -0.274 e. The zero-order chi connectivity index (χ0) is 10.2. The molecule has 0 saturated heterocycles. The van der Waals surface area contributed by atoms with Crippen molar-refractivity contribution in [2.24, 2.45) is 7.05 Å². The molecule has 0 N–H and O–H groups in total. The third kappa shape index (κ3) is 2.00. The monoisotopic (exact) mass is 212 g/mol. The number of aromatic nitrogens is 2. The standard InChI is InChI=1S/C6H4ClF3N2O/c1-12-2-3(6(8,9)10)4(11-12)5(7)13/h2H,1H3. The van der Waals surface area contributed by atoms with E-state index in [-0.39, 0.29) is 0 Å². The van der Waals surface area contributed by atoms with Gasteiger partial charge in [0.1, 0.15) is 5.56 Å². The van der Waals surface area contributed by atoms with Crippen molar-refractivity contribution in [3.05, 3.63) is 17.5 Å². The second-order valence-corrected chi connectivity index (χ2v) is 2.68. The Morgan fingerprint density at radius 2 is 2.15 bits per heavy atom. The zero-order valence-electron chi connectivity index (χ0n) is 6.39. The number of hydrogen-bond acceptors (Lipinski definition) is 2. The van der Waals surface area contributed by atoms with Gasteiger partial charge in [0.15, 0.2) is 5.69 Å². The molecule has 13 heavy (non-hydrogen) atoms. The Labute approximate surface area is 76.1 Å². The molecular weight excluding hydrogens is 209 g/mol. The Hall–Kier alpha value is -1.04. The summed E-state index contributed by atoms with van der Waals surface area (Å²) in [5.41, 5.74) is -1.88. The summed E-state index contributed by atoms with van der Waals surface area (Å²) in [4.78, 5) is 10.5. The fourth-order valence-corrected chi connectivity index (χ4v) is 0.981. The minimum absolute atomic E-state index is 0.704. The number of carbonyl (C=O) groups excluding carboxylic acids is 1. The Kier molecular flexibility index (Phi) is 2.34. The summed E-state index contributed by atoms with van der Waals surface area (Å²) >= 11 is 4.91. The molecule has 1 aromatic rings. The lowest BCUT2D eigenvalue weighted by atomic mass is 10.2. The zero-order valence-corrected chi connectivity index (χ0v) is 7.15. The number of carbonyl (C=O) groups is 1. The van der Waals surface area contributed by atoms with E-state index in [0.717, 1.165) is 4.68 Å². The maximum atomic E-state index is 12.2. The highest BCUT2D eigenvalue weighted by molar-refractivity contribution is 6.67. The second-order valence-electron chi connectivity index (χ2n) is 2.34. The van der Waals surface area contributed by atoms with Gasteiger partial charge in [0, 0.05) is 13.2 Å². The SMILES string of the molecule is Cn1cc(C(F)(F)F)c(C(=O)Cl)n1. The molecule has 0 saturated carbocycles. The van der Waals surface area contributed by atoms with E-state index in [1.54, 1.807) is 0 Å². The first-order valence-electron chi connectivity index (χ1n) is 3.13. The van der Waals surface area contributed by atoms with Gasteiger partial charge in [0.2, 0.25) is 0 Å². The van der Waals surface area contributed by atoms with E-state index in [1.807, 2.05) is 0 Å². The summed E-state index contributed by atoms with van der Waals surface area (Å²) in [5, 5.41) is 2.08. The highest BCUT2D eigenvalue weighted by Crippen LogP contribution is 2.31. The van der Waals surface area contributed by atoms with Crippen molar-refractivity contribution in [2.45, 2.75) is 6.18 Å². The lowest BCUT2D eigenvalue weighted by Gasteiger charge is -2.02. The van der Waals surface area contributed by atoms with Gasteiger partial charge in [-0.2, -0.15) is 18.3 Å². The second kappa shape index (κ2) is 3.02. The van der Waals surface area contributed by atoms with E-state index in [1.165, 1.54) is 7.05 Å². The van der Waals surface area contributed by atoms with Crippen LogP contribution in [0.1, 0.15) is 16.1 Å². The molecule has 0 spiro atoms. The van der Waals surface area contributed by atoms with Gasteiger partial charge < -0.3 is 0 Å². The average Bonchev–Trinajstić information content (AvgIpc) is 2.29. The van der Waals surface area contributed by atoms with Crippen molar-refractivity contribution in [3.8, 4) is 0 Å². The fraction of sp³-hybridized carbons (Fsp3) is 0.333. The number of alkyl halides is 3. The van der Waals surface area contributed by atoms with Crippen LogP contribution in [0, 0.1) is 0 Å². The molecule has 0 fully saturated rings. The molecule has 0 unspecified atom stereocenters. The first-order valence-corrected chi connectivity index (χ1v) is 3.51. The van der Waals surface area contributed by atoms with E-state index in [2.05, 4.69) is 5.10 Å². The molecule has 0 amide bonds. The summed E-state index contributed by atoms with van der Waals surface area (Å²) in [6.45, 7) is 0. The topological polar surface area (TPSA) is 34.9 Å². The third-order valence-electron chi connectivity index (χ3n) is 1.32. The number of rotatable bonds is 1. The number of nitrogens with zero attached hydrogens (tertiary/aromatic N) is 2. The van der Waals surface area contributed by atoms with Gasteiger partial charge in [-0.05, 0) is 11.6 Å². The van der Waals surface area contributed by atoms with Crippen LogP contribution < -0.4 is 0 Å². The Morgan fingerprint density at radius 1 is 1.62 bits per heavy atom. The smallest absolute Gasteiger partial charge is 0.274 e. The molecule has 0 bridgehead atoms. The van der Waals surface area contributed by atoms with Crippen molar-refractivity contribution in [1.29, 1.82) is 0 Å². The molecule has 0 aliphatic heterocycles. The molecule has 3 nitrogen and oxygen atoms in total. The van der Waals surface area contributed by atoms with Crippen LogP contribution in [0.2, 0.25) is 0 Å². The molecule has 0 atom stereocenters. The molecule has 1 aromatic heterocycles. The van der Waals surface area contributed by atoms with Crippen molar-refractivity contribution in [2.75, 3.05) is 0 Å². The van der Waals surface area contributed by atoms with E-state index >= 15 is 0 Å².